The van der Waals surface area contributed by atoms with Crippen LogP contribution in [0.25, 0.3) is 22.6 Å². The van der Waals surface area contributed by atoms with Gasteiger partial charge in [-0.3, -0.25) is 14.5 Å². The van der Waals surface area contributed by atoms with E-state index in [-0.39, 0.29) is 30.5 Å². The van der Waals surface area contributed by atoms with Crippen molar-refractivity contribution in [3.05, 3.63) is 54.2 Å². The average molecular weight is 365 g/mol. The lowest BCUT2D eigenvalue weighted by atomic mass is 10.1. The van der Waals surface area contributed by atoms with Crippen molar-refractivity contribution in [2.45, 2.75) is 0 Å². The number of aromatic nitrogens is 1. The third-order valence-electron chi connectivity index (χ3n) is 4.13. The van der Waals surface area contributed by atoms with Gasteiger partial charge in [0.25, 0.3) is 11.8 Å². The van der Waals surface area contributed by atoms with Gasteiger partial charge in [-0.1, -0.05) is 12.1 Å². The van der Waals surface area contributed by atoms with E-state index in [0.29, 0.717) is 22.4 Å². The number of hydrogen-bond acceptors (Lipinski definition) is 7. The summed E-state index contributed by atoms with van der Waals surface area (Å²) in [5.41, 5.74) is 2.15. The van der Waals surface area contributed by atoms with Gasteiger partial charge in [0.1, 0.15) is 17.0 Å². The molecule has 0 spiro atoms. The number of rotatable bonds is 5. The number of aromatic hydroxyl groups is 1. The summed E-state index contributed by atoms with van der Waals surface area (Å²) >= 11 is 0. The fourth-order valence-corrected chi connectivity index (χ4v) is 2.84. The van der Waals surface area contributed by atoms with Crippen LogP contribution in [0.3, 0.4) is 0 Å². The number of phenolic OH excluding ortho intramolecular Hbond substituents is 1. The van der Waals surface area contributed by atoms with Crippen LogP contribution in [-0.2, 0) is 9.59 Å². The number of nitrogens with zero attached hydrogens (tertiary/aromatic N) is 2. The second-order valence-corrected chi connectivity index (χ2v) is 5.92. The zero-order valence-electron chi connectivity index (χ0n) is 14.0. The number of phenols is 1. The Kier molecular flexibility index (Phi) is 4.09. The van der Waals surface area contributed by atoms with E-state index in [1.54, 1.807) is 24.3 Å². The number of hydrogen-bond donors (Lipinski definition) is 3. The van der Waals surface area contributed by atoms with Crippen molar-refractivity contribution in [2.75, 3.05) is 18.5 Å². The maximum absolute atomic E-state index is 12.2. The lowest BCUT2D eigenvalue weighted by Gasteiger charge is -2.13. The average Bonchev–Trinajstić information content (AvgIpc) is 3.20. The van der Waals surface area contributed by atoms with Gasteiger partial charge in [0, 0.05) is 11.8 Å². The molecule has 0 radical (unpaired) electrons. The molecule has 1 aliphatic rings. The monoisotopic (exact) mass is 365 g/mol. The molecule has 2 amide bonds. The number of anilines is 1. The van der Waals surface area contributed by atoms with Crippen molar-refractivity contribution >= 4 is 28.6 Å². The van der Waals surface area contributed by atoms with Crippen LogP contribution >= 0.6 is 0 Å². The molecule has 4 rings (SSSR count). The highest BCUT2D eigenvalue weighted by molar-refractivity contribution is 6.17. The van der Waals surface area contributed by atoms with Crippen LogP contribution in [0.4, 0.5) is 5.69 Å². The van der Waals surface area contributed by atoms with Crippen molar-refractivity contribution < 1.29 is 24.2 Å². The molecule has 27 heavy (non-hydrogen) atoms. The predicted molar refractivity (Wildman–Crippen MR) is 96.6 cm³/mol. The van der Waals surface area contributed by atoms with E-state index in [9.17, 15) is 14.7 Å². The summed E-state index contributed by atoms with van der Waals surface area (Å²) in [5, 5.41) is 22.0. The summed E-state index contributed by atoms with van der Waals surface area (Å²) in [5.74, 6) is -0.807. The highest BCUT2D eigenvalue weighted by Crippen LogP contribution is 2.33. The molecule has 8 heteroatoms. The standard InChI is InChI=1S/C19H15N3O5/c23-8-7-22-17(25)10-14(19(22)26)20-11-5-6-15(24)12(9-11)18-21-13-3-1-2-4-16(13)27-18/h1-6,9-10,20,23-24H,7-8H2. The summed E-state index contributed by atoms with van der Waals surface area (Å²) in [6.07, 6.45) is 1.17. The number of imide groups is 1. The van der Waals surface area contributed by atoms with E-state index in [1.807, 2.05) is 12.1 Å². The molecule has 3 N–H and O–H groups in total. The lowest BCUT2D eigenvalue weighted by molar-refractivity contribution is -0.137. The van der Waals surface area contributed by atoms with E-state index in [0.717, 1.165) is 4.90 Å². The van der Waals surface area contributed by atoms with E-state index in [2.05, 4.69) is 10.3 Å². The Bertz CT molecular complexity index is 1050. The number of nitrogens with one attached hydrogen (secondary N) is 1. The number of aliphatic hydroxyl groups is 1. The van der Waals surface area contributed by atoms with Gasteiger partial charge in [-0.05, 0) is 30.3 Å². The number of carbonyl (C=O) groups excluding carboxylic acids is 2. The maximum atomic E-state index is 12.2. The Morgan fingerprint density at radius 3 is 2.74 bits per heavy atom. The SMILES string of the molecule is O=C1C=C(Nc2ccc(O)c(-c3nc4ccccc4o3)c2)C(=O)N1CCO. The first-order valence-corrected chi connectivity index (χ1v) is 8.21. The van der Waals surface area contributed by atoms with Gasteiger partial charge in [-0.25, -0.2) is 4.98 Å². The van der Waals surface area contributed by atoms with Crippen LogP contribution < -0.4 is 5.32 Å². The Balaban J connectivity index is 1.64. The third-order valence-corrected chi connectivity index (χ3v) is 4.13. The maximum Gasteiger partial charge on any atom is 0.277 e. The van der Waals surface area contributed by atoms with Crippen molar-refractivity contribution in [3.8, 4) is 17.2 Å². The molecular formula is C19H15N3O5. The molecule has 1 aliphatic heterocycles. The van der Waals surface area contributed by atoms with Crippen molar-refractivity contribution in [1.82, 2.24) is 9.88 Å². The highest BCUT2D eigenvalue weighted by atomic mass is 16.3. The first kappa shape index (κ1) is 16.8. The van der Waals surface area contributed by atoms with Gasteiger partial charge in [0.2, 0.25) is 5.89 Å². The number of para-hydroxylation sites is 2. The topological polar surface area (TPSA) is 116 Å². The molecule has 8 nitrogen and oxygen atoms in total. The number of amides is 2. The van der Waals surface area contributed by atoms with E-state index in [1.165, 1.54) is 12.1 Å². The predicted octanol–water partition coefficient (Wildman–Crippen LogP) is 1.86. The van der Waals surface area contributed by atoms with Crippen molar-refractivity contribution in [2.24, 2.45) is 0 Å². The van der Waals surface area contributed by atoms with Gasteiger partial charge in [-0.15, -0.1) is 0 Å². The van der Waals surface area contributed by atoms with Crippen LogP contribution in [0.1, 0.15) is 0 Å². The van der Waals surface area contributed by atoms with Gasteiger partial charge in [0.05, 0.1) is 18.7 Å². The summed E-state index contributed by atoms with van der Waals surface area (Å²) < 4.78 is 5.68. The minimum absolute atomic E-state index is 0.0307. The quantitative estimate of drug-likeness (QED) is 0.467. The zero-order valence-corrected chi connectivity index (χ0v) is 14.0. The fraction of sp³-hybridized carbons (Fsp3) is 0.105. The van der Waals surface area contributed by atoms with Crippen LogP contribution in [0.2, 0.25) is 0 Å². The fourth-order valence-electron chi connectivity index (χ4n) is 2.84. The van der Waals surface area contributed by atoms with Crippen molar-refractivity contribution in [1.29, 1.82) is 0 Å². The Labute approximate surface area is 153 Å². The molecule has 0 saturated heterocycles. The molecule has 0 aliphatic carbocycles. The molecule has 0 atom stereocenters. The van der Waals surface area contributed by atoms with Gasteiger partial charge in [-0.2, -0.15) is 0 Å². The van der Waals surface area contributed by atoms with E-state index < -0.39 is 11.8 Å². The van der Waals surface area contributed by atoms with Crippen LogP contribution in [0.5, 0.6) is 5.75 Å². The van der Waals surface area contributed by atoms with E-state index >= 15 is 0 Å². The Hall–Kier alpha value is -3.65. The third kappa shape index (κ3) is 3.02. The molecule has 3 aromatic rings. The number of oxazole rings is 1. The molecular weight excluding hydrogens is 350 g/mol. The molecule has 0 bridgehead atoms. The Morgan fingerprint density at radius 2 is 1.96 bits per heavy atom. The number of β-amino-alcohol motifs (C(OH)–C–C–N with tert-alkyl or cyclic N) is 1. The first-order chi connectivity index (χ1) is 13.1. The minimum Gasteiger partial charge on any atom is -0.507 e. The van der Waals surface area contributed by atoms with Gasteiger partial charge < -0.3 is 19.9 Å². The van der Waals surface area contributed by atoms with Crippen LogP contribution in [-0.4, -0.2) is 45.1 Å². The van der Waals surface area contributed by atoms with Crippen molar-refractivity contribution in [3.63, 3.8) is 0 Å². The van der Waals surface area contributed by atoms with Crippen LogP contribution in [0, 0.1) is 0 Å². The highest BCUT2D eigenvalue weighted by Gasteiger charge is 2.30. The summed E-state index contributed by atoms with van der Waals surface area (Å²) in [7, 11) is 0. The second-order valence-electron chi connectivity index (χ2n) is 5.92. The molecule has 1 aromatic heterocycles. The molecule has 136 valence electrons. The first-order valence-electron chi connectivity index (χ1n) is 8.21. The van der Waals surface area contributed by atoms with Gasteiger partial charge >= 0.3 is 0 Å². The summed E-state index contributed by atoms with van der Waals surface area (Å²) in [6, 6.07) is 11.8. The zero-order chi connectivity index (χ0) is 19.0. The number of aliphatic hydroxyl groups excluding tert-OH is 1. The molecule has 0 unspecified atom stereocenters. The minimum atomic E-state index is -0.523. The summed E-state index contributed by atoms with van der Waals surface area (Å²) in [4.78, 5) is 29.4. The summed E-state index contributed by atoms with van der Waals surface area (Å²) in [6.45, 7) is -0.372. The van der Waals surface area contributed by atoms with Gasteiger partial charge in [0.15, 0.2) is 5.58 Å². The largest absolute Gasteiger partial charge is 0.507 e. The van der Waals surface area contributed by atoms with Crippen LogP contribution in [0.15, 0.2) is 58.7 Å². The molecule has 0 fully saturated rings. The second kappa shape index (κ2) is 6.58. The Morgan fingerprint density at radius 1 is 1.15 bits per heavy atom. The normalized spacial score (nSPS) is 14.1. The lowest BCUT2D eigenvalue weighted by Crippen LogP contribution is -2.34. The molecule has 2 heterocycles. The smallest absolute Gasteiger partial charge is 0.277 e. The number of carbonyl (C=O) groups is 2. The number of benzene rings is 2. The van der Waals surface area contributed by atoms with E-state index in [4.69, 9.17) is 9.52 Å². The molecule has 2 aromatic carbocycles. The molecule has 0 saturated carbocycles. The number of fused-ring (bicyclic) bond motifs is 1.